The highest BCUT2D eigenvalue weighted by atomic mass is 16.5. The van der Waals surface area contributed by atoms with Crippen LogP contribution < -0.4 is 0 Å². The highest BCUT2D eigenvalue weighted by molar-refractivity contribution is 5.92. The van der Waals surface area contributed by atoms with Crippen molar-refractivity contribution >= 4 is 18.1 Å². The van der Waals surface area contributed by atoms with Crippen molar-refractivity contribution in [3.05, 3.63) is 47.8 Å². The third-order valence-corrected chi connectivity index (χ3v) is 2.68. The molecule has 17 heavy (non-hydrogen) atoms. The van der Waals surface area contributed by atoms with Gasteiger partial charge >= 0.3 is 5.97 Å². The van der Waals surface area contributed by atoms with Crippen LogP contribution in [0.15, 0.2) is 31.0 Å². The fourth-order valence-electron chi connectivity index (χ4n) is 1.54. The van der Waals surface area contributed by atoms with Crippen molar-refractivity contribution in [3.63, 3.8) is 0 Å². The second kappa shape index (κ2) is 5.34. The Morgan fingerprint density at radius 3 is 2.71 bits per heavy atom. The molecule has 0 unspecified atom stereocenters. The van der Waals surface area contributed by atoms with Crippen LogP contribution in [0.5, 0.6) is 0 Å². The molecule has 1 rings (SSSR count). The number of esters is 1. The fourth-order valence-corrected chi connectivity index (χ4v) is 1.54. The van der Waals surface area contributed by atoms with E-state index in [1.54, 1.807) is 12.2 Å². The lowest BCUT2D eigenvalue weighted by Gasteiger charge is -1.99. The van der Waals surface area contributed by atoms with Crippen molar-refractivity contribution in [1.29, 1.82) is 0 Å². The molecular formula is C14H17NO2. The molecule has 1 heterocycles. The van der Waals surface area contributed by atoms with Gasteiger partial charge in [0.05, 0.1) is 12.7 Å². The molecule has 0 atom stereocenters. The van der Waals surface area contributed by atoms with Gasteiger partial charge in [0.2, 0.25) is 0 Å². The average Bonchev–Trinajstić information content (AvgIpc) is 2.61. The summed E-state index contributed by atoms with van der Waals surface area (Å²) in [5.41, 5.74) is 3.49. The minimum atomic E-state index is -0.421. The average molecular weight is 231 g/mol. The van der Waals surface area contributed by atoms with Crippen LogP contribution in [0, 0.1) is 6.92 Å². The van der Waals surface area contributed by atoms with Crippen molar-refractivity contribution in [2.24, 2.45) is 7.05 Å². The van der Waals surface area contributed by atoms with E-state index in [9.17, 15) is 4.79 Å². The van der Waals surface area contributed by atoms with Gasteiger partial charge in [-0.1, -0.05) is 25.3 Å². The van der Waals surface area contributed by atoms with Crippen LogP contribution in [-0.4, -0.2) is 17.6 Å². The van der Waals surface area contributed by atoms with Crippen molar-refractivity contribution in [2.75, 3.05) is 7.11 Å². The molecule has 0 spiro atoms. The second-order valence-electron chi connectivity index (χ2n) is 3.75. The maximum atomic E-state index is 11.2. The summed E-state index contributed by atoms with van der Waals surface area (Å²) in [7, 11) is 3.30. The van der Waals surface area contributed by atoms with Gasteiger partial charge in [-0.3, -0.25) is 0 Å². The normalized spacial score (nSPS) is 10.5. The SMILES string of the molecule is C=Cc1cn(C)c(C)c1/C=C\C(=C)C(=O)OC. The lowest BCUT2D eigenvalue weighted by Crippen LogP contribution is -2.00. The van der Waals surface area contributed by atoms with Crippen molar-refractivity contribution in [2.45, 2.75) is 6.92 Å². The van der Waals surface area contributed by atoms with Gasteiger partial charge in [0, 0.05) is 24.5 Å². The summed E-state index contributed by atoms with van der Waals surface area (Å²) >= 11 is 0. The lowest BCUT2D eigenvalue weighted by molar-refractivity contribution is -0.135. The van der Waals surface area contributed by atoms with E-state index < -0.39 is 5.97 Å². The lowest BCUT2D eigenvalue weighted by atomic mass is 10.1. The summed E-state index contributed by atoms with van der Waals surface area (Å²) < 4.78 is 6.59. The molecule has 3 nitrogen and oxygen atoms in total. The molecule has 0 radical (unpaired) electrons. The van der Waals surface area contributed by atoms with Gasteiger partial charge in [0.25, 0.3) is 0 Å². The Hall–Kier alpha value is -2.03. The number of aryl methyl sites for hydroxylation is 1. The number of carbonyl (C=O) groups is 1. The molecule has 0 aromatic carbocycles. The monoisotopic (exact) mass is 231 g/mol. The number of ether oxygens (including phenoxy) is 1. The molecule has 3 heteroatoms. The molecule has 0 fully saturated rings. The summed E-state index contributed by atoms with van der Waals surface area (Å²) in [6, 6.07) is 0. The first kappa shape index (κ1) is 13.0. The predicted octanol–water partition coefficient (Wildman–Crippen LogP) is 2.72. The molecular weight excluding hydrogens is 214 g/mol. The first-order valence-corrected chi connectivity index (χ1v) is 5.25. The molecule has 0 amide bonds. The predicted molar refractivity (Wildman–Crippen MR) is 70.4 cm³/mol. The Labute approximate surface area is 102 Å². The number of nitrogens with zero attached hydrogens (tertiary/aromatic N) is 1. The number of aromatic nitrogens is 1. The van der Waals surface area contributed by atoms with E-state index in [-0.39, 0.29) is 0 Å². The summed E-state index contributed by atoms with van der Waals surface area (Å²) in [4.78, 5) is 11.2. The van der Waals surface area contributed by atoms with Gasteiger partial charge in [-0.15, -0.1) is 0 Å². The fraction of sp³-hybridized carbons (Fsp3) is 0.214. The maximum absolute atomic E-state index is 11.2. The Bertz CT molecular complexity index is 493. The molecule has 1 aromatic heterocycles. The molecule has 0 bridgehead atoms. The van der Waals surface area contributed by atoms with Crippen LogP contribution in [0.1, 0.15) is 16.8 Å². The molecule has 1 aromatic rings. The smallest absolute Gasteiger partial charge is 0.337 e. The van der Waals surface area contributed by atoms with Crippen LogP contribution >= 0.6 is 0 Å². The first-order chi connectivity index (χ1) is 8.01. The molecule has 90 valence electrons. The Kier molecular flexibility index (Phi) is 4.10. The number of carbonyl (C=O) groups excluding carboxylic acids is 1. The van der Waals surface area contributed by atoms with E-state index in [1.807, 2.05) is 30.8 Å². The first-order valence-electron chi connectivity index (χ1n) is 5.25. The summed E-state index contributed by atoms with van der Waals surface area (Å²) in [6.45, 7) is 9.41. The Morgan fingerprint density at radius 2 is 2.18 bits per heavy atom. The van der Waals surface area contributed by atoms with E-state index in [4.69, 9.17) is 0 Å². The van der Waals surface area contributed by atoms with E-state index in [0.29, 0.717) is 5.57 Å². The molecule has 0 N–H and O–H groups in total. The van der Waals surface area contributed by atoms with E-state index in [1.165, 1.54) is 7.11 Å². The standard InChI is InChI=1S/C14H17NO2/c1-6-12-9-15(4)11(3)13(12)8-7-10(2)14(16)17-5/h6-9H,1-2H2,3-5H3/b8-7-. The number of rotatable bonds is 4. The zero-order valence-electron chi connectivity index (χ0n) is 10.5. The quantitative estimate of drug-likeness (QED) is 0.453. The minimum absolute atomic E-state index is 0.325. The highest BCUT2D eigenvalue weighted by Gasteiger charge is 2.07. The molecule has 0 saturated carbocycles. The molecule has 0 aliphatic carbocycles. The third-order valence-electron chi connectivity index (χ3n) is 2.68. The topological polar surface area (TPSA) is 31.2 Å². The van der Waals surface area contributed by atoms with Gasteiger partial charge in [0.15, 0.2) is 0 Å². The zero-order valence-corrected chi connectivity index (χ0v) is 10.5. The van der Waals surface area contributed by atoms with Crippen LogP contribution in [0.25, 0.3) is 12.2 Å². The largest absolute Gasteiger partial charge is 0.465 e. The molecule has 0 aliphatic rings. The van der Waals surface area contributed by atoms with Gasteiger partial charge in [-0.2, -0.15) is 0 Å². The van der Waals surface area contributed by atoms with Crippen molar-refractivity contribution in [1.82, 2.24) is 4.57 Å². The highest BCUT2D eigenvalue weighted by Crippen LogP contribution is 2.19. The third kappa shape index (κ3) is 2.75. The summed E-state index contributed by atoms with van der Waals surface area (Å²) in [5.74, 6) is -0.421. The molecule has 0 saturated heterocycles. The van der Waals surface area contributed by atoms with Gasteiger partial charge in [-0.05, 0) is 18.6 Å². The van der Waals surface area contributed by atoms with E-state index in [0.717, 1.165) is 16.8 Å². The van der Waals surface area contributed by atoms with Gasteiger partial charge in [-0.25, -0.2) is 4.79 Å². The van der Waals surface area contributed by atoms with Crippen molar-refractivity contribution < 1.29 is 9.53 Å². The van der Waals surface area contributed by atoms with Crippen LogP contribution in [-0.2, 0) is 16.6 Å². The van der Waals surface area contributed by atoms with Crippen LogP contribution in [0.3, 0.4) is 0 Å². The minimum Gasteiger partial charge on any atom is -0.465 e. The van der Waals surface area contributed by atoms with E-state index in [2.05, 4.69) is 17.9 Å². The number of hydrogen-bond acceptors (Lipinski definition) is 2. The second-order valence-corrected chi connectivity index (χ2v) is 3.75. The van der Waals surface area contributed by atoms with Gasteiger partial charge in [0.1, 0.15) is 0 Å². The maximum Gasteiger partial charge on any atom is 0.337 e. The van der Waals surface area contributed by atoms with Crippen molar-refractivity contribution in [3.8, 4) is 0 Å². The zero-order chi connectivity index (χ0) is 13.0. The van der Waals surface area contributed by atoms with Crippen LogP contribution in [0.2, 0.25) is 0 Å². The van der Waals surface area contributed by atoms with E-state index >= 15 is 0 Å². The Morgan fingerprint density at radius 1 is 1.53 bits per heavy atom. The summed E-state index contributed by atoms with van der Waals surface area (Å²) in [6.07, 6.45) is 7.28. The van der Waals surface area contributed by atoms with Gasteiger partial charge < -0.3 is 9.30 Å². The number of hydrogen-bond donors (Lipinski definition) is 0. The van der Waals surface area contributed by atoms with Crippen LogP contribution in [0.4, 0.5) is 0 Å². The Balaban J connectivity index is 3.03. The summed E-state index contributed by atoms with van der Waals surface area (Å²) in [5, 5.41) is 0. The number of methoxy groups -OCH3 is 1. The molecule has 0 aliphatic heterocycles.